The minimum atomic E-state index is -0.524. The fourth-order valence-electron chi connectivity index (χ4n) is 3.44. The van der Waals surface area contributed by atoms with E-state index < -0.39 is 11.8 Å². The second-order valence-electron chi connectivity index (χ2n) is 7.84. The molecule has 9 heteroatoms. The second-order valence-corrected chi connectivity index (χ2v) is 7.84. The molecular weight excluding hydrogens is 415 g/mol. The average Bonchev–Trinajstić information content (AvgIpc) is 2.77. The lowest BCUT2D eigenvalue weighted by atomic mass is 10.1. The number of nitrogens with one attached hydrogen (secondary N) is 2. The van der Waals surface area contributed by atoms with Crippen molar-refractivity contribution in [2.75, 3.05) is 45.7 Å². The van der Waals surface area contributed by atoms with Gasteiger partial charge < -0.3 is 29.6 Å². The summed E-state index contributed by atoms with van der Waals surface area (Å²) >= 11 is 0. The molecule has 1 aliphatic heterocycles. The lowest BCUT2D eigenvalue weighted by Crippen LogP contribution is -2.40. The van der Waals surface area contributed by atoms with Crippen molar-refractivity contribution in [3.63, 3.8) is 0 Å². The number of hydrogen-bond acceptors (Lipinski definition) is 5. The zero-order chi connectivity index (χ0) is 22.7. The number of rotatable bonds is 6. The number of carbonyl (C=O) groups excluding carboxylic acids is 1. The summed E-state index contributed by atoms with van der Waals surface area (Å²) < 4.78 is 25.2. The Labute approximate surface area is 184 Å². The molecule has 3 aromatic rings. The third-order valence-corrected chi connectivity index (χ3v) is 5.16. The number of aromatic nitrogens is 1. The molecule has 8 nitrogen and oxygen atoms in total. The molecule has 2 aromatic carbocycles. The van der Waals surface area contributed by atoms with Gasteiger partial charge in [0.1, 0.15) is 19.0 Å². The van der Waals surface area contributed by atoms with E-state index in [0.717, 1.165) is 5.39 Å². The number of para-hydroxylation sites is 1. The molecule has 0 saturated heterocycles. The normalized spacial score (nSPS) is 12.8. The van der Waals surface area contributed by atoms with Gasteiger partial charge in [-0.05, 0) is 38.4 Å². The average molecular weight is 440 g/mol. The summed E-state index contributed by atoms with van der Waals surface area (Å²) in [5, 5.41) is 3.37. The number of halogens is 1. The quantitative estimate of drug-likeness (QED) is 0.615. The van der Waals surface area contributed by atoms with E-state index in [1.165, 1.54) is 17.0 Å². The molecule has 0 bridgehead atoms. The Morgan fingerprint density at radius 1 is 1.09 bits per heavy atom. The number of H-pyrrole nitrogens is 1. The summed E-state index contributed by atoms with van der Waals surface area (Å²) in [7, 11) is 3.78. The van der Waals surface area contributed by atoms with Crippen molar-refractivity contribution < 1.29 is 18.7 Å². The maximum atomic E-state index is 14.0. The molecule has 0 radical (unpaired) electrons. The number of benzene rings is 2. The number of aromatic amines is 1. The smallest absolute Gasteiger partial charge is 0.322 e. The van der Waals surface area contributed by atoms with Gasteiger partial charge in [0.25, 0.3) is 5.56 Å². The Kier molecular flexibility index (Phi) is 6.27. The van der Waals surface area contributed by atoms with Crippen LogP contribution in [0.1, 0.15) is 5.56 Å². The molecule has 2 amide bonds. The molecule has 1 aromatic heterocycles. The van der Waals surface area contributed by atoms with Crippen LogP contribution in [-0.4, -0.2) is 61.2 Å². The van der Waals surface area contributed by atoms with Crippen molar-refractivity contribution in [2.45, 2.75) is 6.54 Å². The molecular formula is C23H25FN4O4. The van der Waals surface area contributed by atoms with Gasteiger partial charge in [-0.25, -0.2) is 9.18 Å². The highest BCUT2D eigenvalue weighted by Gasteiger charge is 2.19. The van der Waals surface area contributed by atoms with Crippen molar-refractivity contribution in [3.8, 4) is 11.5 Å². The predicted octanol–water partition coefficient (Wildman–Crippen LogP) is 3.03. The molecule has 0 atom stereocenters. The molecule has 2 N–H and O–H groups in total. The fourth-order valence-corrected chi connectivity index (χ4v) is 3.44. The van der Waals surface area contributed by atoms with Gasteiger partial charge in [0.05, 0.1) is 17.7 Å². The van der Waals surface area contributed by atoms with Crippen LogP contribution in [0.5, 0.6) is 11.5 Å². The Morgan fingerprint density at radius 3 is 2.53 bits per heavy atom. The van der Waals surface area contributed by atoms with Gasteiger partial charge in [-0.15, -0.1) is 0 Å². The van der Waals surface area contributed by atoms with E-state index in [2.05, 4.69) is 10.3 Å². The second kappa shape index (κ2) is 9.27. The number of anilines is 1. The Balaban J connectivity index is 1.61. The van der Waals surface area contributed by atoms with Crippen LogP contribution >= 0.6 is 0 Å². The first-order chi connectivity index (χ1) is 15.4. The molecule has 1 aliphatic rings. The van der Waals surface area contributed by atoms with E-state index in [1.54, 1.807) is 24.3 Å². The minimum Gasteiger partial charge on any atom is -0.486 e. The largest absolute Gasteiger partial charge is 0.486 e. The van der Waals surface area contributed by atoms with Crippen molar-refractivity contribution in [1.82, 2.24) is 14.8 Å². The molecule has 4 rings (SSSR count). The van der Waals surface area contributed by atoms with E-state index in [0.29, 0.717) is 48.9 Å². The number of fused-ring (bicyclic) bond motifs is 2. The molecule has 168 valence electrons. The van der Waals surface area contributed by atoms with Crippen molar-refractivity contribution >= 4 is 22.6 Å². The fraction of sp³-hybridized carbons (Fsp3) is 0.304. The summed E-state index contributed by atoms with van der Waals surface area (Å²) in [5.41, 5.74) is 0.821. The van der Waals surface area contributed by atoms with Crippen LogP contribution in [0.25, 0.3) is 10.9 Å². The van der Waals surface area contributed by atoms with Gasteiger partial charge in [0, 0.05) is 30.1 Å². The highest BCUT2D eigenvalue weighted by atomic mass is 19.1. The van der Waals surface area contributed by atoms with Gasteiger partial charge >= 0.3 is 6.03 Å². The SMILES string of the molecule is CN(C)CCN(Cc1cc2cc3c(cc2[nH]c1=O)OCCO3)C(=O)Nc1ccccc1F. The highest BCUT2D eigenvalue weighted by molar-refractivity contribution is 5.89. The number of hydrogen-bond donors (Lipinski definition) is 2. The molecule has 0 unspecified atom stereocenters. The van der Waals surface area contributed by atoms with E-state index in [1.807, 2.05) is 25.1 Å². The summed E-state index contributed by atoms with van der Waals surface area (Å²) in [6.45, 7) is 1.91. The molecule has 2 heterocycles. The number of nitrogens with zero attached hydrogens (tertiary/aromatic N) is 2. The van der Waals surface area contributed by atoms with Crippen LogP contribution in [0, 0.1) is 5.82 Å². The molecule has 0 aliphatic carbocycles. The number of pyridine rings is 1. The zero-order valence-corrected chi connectivity index (χ0v) is 18.0. The van der Waals surface area contributed by atoms with Crippen molar-refractivity contribution in [2.24, 2.45) is 0 Å². The number of carbonyl (C=O) groups is 1. The van der Waals surface area contributed by atoms with Gasteiger partial charge in [0.2, 0.25) is 0 Å². The van der Waals surface area contributed by atoms with Crippen LogP contribution in [0.2, 0.25) is 0 Å². The maximum absolute atomic E-state index is 14.0. The molecule has 0 fully saturated rings. The van der Waals surface area contributed by atoms with Crippen LogP contribution in [0.4, 0.5) is 14.9 Å². The van der Waals surface area contributed by atoms with Gasteiger partial charge in [-0.2, -0.15) is 0 Å². The number of ether oxygens (including phenoxy) is 2. The number of amides is 2. The standard InChI is InChI=1S/C23H25FN4O4/c1-27(2)7-8-28(23(30)26-18-6-4-3-5-17(18)24)14-16-11-15-12-20-21(32-10-9-31-20)13-19(15)25-22(16)29/h3-6,11-13H,7-10,14H2,1-2H3,(H,25,29)(H,26,30). The lowest BCUT2D eigenvalue weighted by molar-refractivity contribution is 0.172. The van der Waals surface area contributed by atoms with Gasteiger partial charge in [0.15, 0.2) is 11.5 Å². The topological polar surface area (TPSA) is 86.9 Å². The van der Waals surface area contributed by atoms with Gasteiger partial charge in [-0.3, -0.25) is 4.79 Å². The Bertz CT molecular complexity index is 1190. The predicted molar refractivity (Wildman–Crippen MR) is 120 cm³/mol. The van der Waals surface area contributed by atoms with E-state index >= 15 is 0 Å². The van der Waals surface area contributed by atoms with Crippen LogP contribution in [0.15, 0.2) is 47.3 Å². The number of likely N-dealkylation sites (N-methyl/N-ethyl adjacent to an activating group) is 1. The molecule has 0 saturated carbocycles. The Morgan fingerprint density at radius 2 is 1.81 bits per heavy atom. The maximum Gasteiger partial charge on any atom is 0.322 e. The van der Waals surface area contributed by atoms with Crippen LogP contribution in [0.3, 0.4) is 0 Å². The van der Waals surface area contributed by atoms with Crippen LogP contribution in [-0.2, 0) is 6.54 Å². The monoisotopic (exact) mass is 440 g/mol. The highest BCUT2D eigenvalue weighted by Crippen LogP contribution is 2.33. The van der Waals surface area contributed by atoms with Crippen molar-refractivity contribution in [3.05, 3.63) is 64.2 Å². The first-order valence-corrected chi connectivity index (χ1v) is 10.3. The first-order valence-electron chi connectivity index (χ1n) is 10.3. The lowest BCUT2D eigenvalue weighted by Gasteiger charge is -2.25. The van der Waals surface area contributed by atoms with E-state index in [9.17, 15) is 14.0 Å². The summed E-state index contributed by atoms with van der Waals surface area (Å²) in [5.74, 6) is 0.677. The van der Waals surface area contributed by atoms with Gasteiger partial charge in [-0.1, -0.05) is 12.1 Å². The third kappa shape index (κ3) is 4.83. The first kappa shape index (κ1) is 21.6. The molecule has 32 heavy (non-hydrogen) atoms. The summed E-state index contributed by atoms with van der Waals surface area (Å²) in [6, 6.07) is 10.8. The minimum absolute atomic E-state index is 0.0633. The third-order valence-electron chi connectivity index (χ3n) is 5.16. The molecule has 0 spiro atoms. The summed E-state index contributed by atoms with van der Waals surface area (Å²) in [4.78, 5) is 32.0. The van der Waals surface area contributed by atoms with Crippen LogP contribution < -0.4 is 20.3 Å². The summed E-state index contributed by atoms with van der Waals surface area (Å²) in [6.07, 6.45) is 0. The number of urea groups is 1. The Hall–Kier alpha value is -3.59. The van der Waals surface area contributed by atoms with E-state index in [-0.39, 0.29) is 17.8 Å². The van der Waals surface area contributed by atoms with Crippen molar-refractivity contribution in [1.29, 1.82) is 0 Å². The zero-order valence-electron chi connectivity index (χ0n) is 18.0. The van der Waals surface area contributed by atoms with E-state index in [4.69, 9.17) is 9.47 Å².